The summed E-state index contributed by atoms with van der Waals surface area (Å²) in [6.45, 7) is 0.0692. The molecule has 15 heavy (non-hydrogen) atoms. The highest BCUT2D eigenvalue weighted by atomic mass is 32.2. The fourth-order valence-corrected chi connectivity index (χ4v) is 2.07. The van der Waals surface area contributed by atoms with E-state index in [9.17, 15) is 8.42 Å². The minimum Gasteiger partial charge on any atom is -0.396 e. The number of hydrogen-bond donors (Lipinski definition) is 1. The second-order valence-electron chi connectivity index (χ2n) is 3.40. The maximum Gasteiger partial charge on any atom is 0.242 e. The summed E-state index contributed by atoms with van der Waals surface area (Å²) < 4.78 is 24.5. The molecule has 0 saturated carbocycles. The van der Waals surface area contributed by atoms with Gasteiger partial charge in [-0.25, -0.2) is 12.7 Å². The van der Waals surface area contributed by atoms with Crippen LogP contribution in [0.4, 0.5) is 0 Å². The zero-order valence-corrected chi connectivity index (χ0v) is 9.66. The zero-order chi connectivity index (χ0) is 11.5. The van der Waals surface area contributed by atoms with Gasteiger partial charge < -0.3 is 5.11 Å². The Balaban J connectivity index is 2.99. The summed E-state index contributed by atoms with van der Waals surface area (Å²) in [4.78, 5) is 0.272. The van der Waals surface area contributed by atoms with Crippen molar-refractivity contribution in [2.75, 3.05) is 20.7 Å². The first-order chi connectivity index (χ1) is 6.98. The SMILES string of the molecule is CN(C)S(=O)(=O)c1ccc(CCO)cc1. The normalized spacial score (nSPS) is 12.0. The number of nitrogens with zero attached hydrogens (tertiary/aromatic N) is 1. The lowest BCUT2D eigenvalue weighted by Gasteiger charge is -2.11. The molecular weight excluding hydrogens is 214 g/mol. The molecule has 84 valence electrons. The summed E-state index contributed by atoms with van der Waals surface area (Å²) in [5.41, 5.74) is 0.926. The molecule has 1 aromatic rings. The Kier molecular flexibility index (Phi) is 3.84. The lowest BCUT2D eigenvalue weighted by Crippen LogP contribution is -2.22. The van der Waals surface area contributed by atoms with Crippen molar-refractivity contribution in [1.29, 1.82) is 0 Å². The van der Waals surface area contributed by atoms with Gasteiger partial charge in [0.2, 0.25) is 10.0 Å². The van der Waals surface area contributed by atoms with Crippen molar-refractivity contribution >= 4 is 10.0 Å². The molecule has 0 bridgehead atoms. The van der Waals surface area contributed by atoms with E-state index in [1.807, 2.05) is 0 Å². The minimum absolute atomic E-state index is 0.0692. The van der Waals surface area contributed by atoms with Gasteiger partial charge in [0, 0.05) is 20.7 Å². The van der Waals surface area contributed by atoms with Crippen LogP contribution in [0.1, 0.15) is 5.56 Å². The number of aliphatic hydroxyl groups is 1. The van der Waals surface area contributed by atoms with Gasteiger partial charge in [-0.15, -0.1) is 0 Å². The van der Waals surface area contributed by atoms with Gasteiger partial charge in [0.1, 0.15) is 0 Å². The largest absolute Gasteiger partial charge is 0.396 e. The van der Waals surface area contributed by atoms with Crippen molar-refractivity contribution in [2.24, 2.45) is 0 Å². The molecule has 5 heteroatoms. The Morgan fingerprint density at radius 2 is 1.73 bits per heavy atom. The zero-order valence-electron chi connectivity index (χ0n) is 8.84. The monoisotopic (exact) mass is 229 g/mol. The van der Waals surface area contributed by atoms with Crippen LogP contribution in [0, 0.1) is 0 Å². The molecule has 0 radical (unpaired) electrons. The molecule has 0 aliphatic rings. The average molecular weight is 229 g/mol. The summed E-state index contributed by atoms with van der Waals surface area (Å²) in [6, 6.07) is 6.54. The van der Waals surface area contributed by atoms with Gasteiger partial charge in [0.05, 0.1) is 4.90 Å². The molecule has 0 aromatic heterocycles. The van der Waals surface area contributed by atoms with Crippen LogP contribution < -0.4 is 0 Å². The fourth-order valence-electron chi connectivity index (χ4n) is 1.17. The molecule has 0 fully saturated rings. The molecule has 1 rings (SSSR count). The van der Waals surface area contributed by atoms with E-state index in [2.05, 4.69) is 0 Å². The second kappa shape index (κ2) is 4.74. The third-order valence-corrected chi connectivity index (χ3v) is 3.93. The summed E-state index contributed by atoms with van der Waals surface area (Å²) in [7, 11) is -0.344. The molecule has 0 spiro atoms. The van der Waals surface area contributed by atoms with Crippen molar-refractivity contribution in [2.45, 2.75) is 11.3 Å². The first kappa shape index (κ1) is 12.2. The molecule has 0 heterocycles. The van der Waals surface area contributed by atoms with Gasteiger partial charge in [-0.2, -0.15) is 0 Å². The predicted octanol–water partition coefficient (Wildman–Crippen LogP) is 0.472. The van der Waals surface area contributed by atoms with Gasteiger partial charge in [0.15, 0.2) is 0 Å². The van der Waals surface area contributed by atoms with E-state index in [0.717, 1.165) is 5.56 Å². The Hall–Kier alpha value is -0.910. The number of benzene rings is 1. The van der Waals surface area contributed by atoms with Crippen LogP contribution in [0.15, 0.2) is 29.2 Å². The summed E-state index contributed by atoms with van der Waals surface area (Å²) >= 11 is 0. The lowest BCUT2D eigenvalue weighted by atomic mass is 10.2. The minimum atomic E-state index is -3.34. The van der Waals surface area contributed by atoms with E-state index in [-0.39, 0.29) is 11.5 Å². The van der Waals surface area contributed by atoms with Gasteiger partial charge in [-0.05, 0) is 24.1 Å². The van der Waals surface area contributed by atoms with Crippen molar-refractivity contribution < 1.29 is 13.5 Å². The molecule has 0 unspecified atom stereocenters. The highest BCUT2D eigenvalue weighted by molar-refractivity contribution is 7.89. The van der Waals surface area contributed by atoms with E-state index >= 15 is 0 Å². The molecule has 0 amide bonds. The van der Waals surface area contributed by atoms with Crippen LogP contribution in [0.2, 0.25) is 0 Å². The van der Waals surface area contributed by atoms with Crippen molar-refractivity contribution in [3.63, 3.8) is 0 Å². The summed E-state index contributed by atoms with van der Waals surface area (Å²) in [6.07, 6.45) is 0.544. The van der Waals surface area contributed by atoms with Crippen LogP contribution in [-0.2, 0) is 16.4 Å². The highest BCUT2D eigenvalue weighted by Gasteiger charge is 2.16. The standard InChI is InChI=1S/C10H15NO3S/c1-11(2)15(13,14)10-5-3-9(4-6-10)7-8-12/h3-6,12H,7-8H2,1-2H3. The first-order valence-electron chi connectivity index (χ1n) is 4.61. The lowest BCUT2D eigenvalue weighted by molar-refractivity contribution is 0.299. The van der Waals surface area contributed by atoms with Gasteiger partial charge in [-0.1, -0.05) is 12.1 Å². The molecular formula is C10H15NO3S. The molecule has 0 atom stereocenters. The van der Waals surface area contributed by atoms with Crippen LogP contribution in [0.5, 0.6) is 0 Å². The van der Waals surface area contributed by atoms with Crippen LogP contribution in [-0.4, -0.2) is 38.5 Å². The van der Waals surface area contributed by atoms with E-state index < -0.39 is 10.0 Å². The summed E-state index contributed by atoms with van der Waals surface area (Å²) in [5.74, 6) is 0. The fraction of sp³-hybridized carbons (Fsp3) is 0.400. The van der Waals surface area contributed by atoms with Crippen molar-refractivity contribution in [3.05, 3.63) is 29.8 Å². The molecule has 1 N–H and O–H groups in total. The Morgan fingerprint density at radius 3 is 2.13 bits per heavy atom. The van der Waals surface area contributed by atoms with Crippen molar-refractivity contribution in [1.82, 2.24) is 4.31 Å². The van der Waals surface area contributed by atoms with E-state index in [1.165, 1.54) is 18.4 Å². The van der Waals surface area contributed by atoms with Crippen LogP contribution in [0.3, 0.4) is 0 Å². The van der Waals surface area contributed by atoms with Crippen molar-refractivity contribution in [3.8, 4) is 0 Å². The van der Waals surface area contributed by atoms with Gasteiger partial charge >= 0.3 is 0 Å². The topological polar surface area (TPSA) is 57.6 Å². The Morgan fingerprint density at radius 1 is 1.20 bits per heavy atom. The molecule has 0 saturated heterocycles. The van der Waals surface area contributed by atoms with E-state index in [0.29, 0.717) is 6.42 Å². The van der Waals surface area contributed by atoms with Crippen LogP contribution in [0.25, 0.3) is 0 Å². The number of aliphatic hydroxyl groups excluding tert-OH is 1. The van der Waals surface area contributed by atoms with Crippen LogP contribution >= 0.6 is 0 Å². The summed E-state index contributed by atoms with van der Waals surface area (Å²) in [5, 5.41) is 8.71. The number of hydrogen-bond acceptors (Lipinski definition) is 3. The quantitative estimate of drug-likeness (QED) is 0.816. The Bertz CT molecular complexity index is 409. The first-order valence-corrected chi connectivity index (χ1v) is 6.05. The van der Waals surface area contributed by atoms with E-state index in [1.54, 1.807) is 24.3 Å². The molecule has 1 aromatic carbocycles. The molecule has 4 nitrogen and oxygen atoms in total. The molecule has 0 aliphatic heterocycles. The van der Waals surface area contributed by atoms with E-state index in [4.69, 9.17) is 5.11 Å². The second-order valence-corrected chi connectivity index (χ2v) is 5.56. The third-order valence-electron chi connectivity index (χ3n) is 2.10. The average Bonchev–Trinajstić information content (AvgIpc) is 2.19. The number of rotatable bonds is 4. The smallest absolute Gasteiger partial charge is 0.242 e. The maximum absolute atomic E-state index is 11.7. The van der Waals surface area contributed by atoms with Gasteiger partial charge in [-0.3, -0.25) is 0 Å². The predicted molar refractivity (Wildman–Crippen MR) is 58.1 cm³/mol. The Labute approximate surface area is 90.2 Å². The third kappa shape index (κ3) is 2.77. The number of sulfonamides is 1. The molecule has 0 aliphatic carbocycles. The highest BCUT2D eigenvalue weighted by Crippen LogP contribution is 2.13. The van der Waals surface area contributed by atoms with Gasteiger partial charge in [0.25, 0.3) is 0 Å². The maximum atomic E-state index is 11.7.